The third kappa shape index (κ3) is 3.20. The quantitative estimate of drug-likeness (QED) is 0.676. The van der Waals surface area contributed by atoms with E-state index in [2.05, 4.69) is 25.2 Å². The summed E-state index contributed by atoms with van der Waals surface area (Å²) in [5.74, 6) is 0.467. The highest BCUT2D eigenvalue weighted by atomic mass is 16.5. The molecule has 3 nitrogen and oxygen atoms in total. The summed E-state index contributed by atoms with van der Waals surface area (Å²) in [4.78, 5) is 0. The van der Waals surface area contributed by atoms with Gasteiger partial charge in [0.25, 0.3) is 0 Å². The number of rotatable bonds is 7. The van der Waals surface area contributed by atoms with Gasteiger partial charge in [0.15, 0.2) is 0 Å². The van der Waals surface area contributed by atoms with Gasteiger partial charge in [0.2, 0.25) is 0 Å². The van der Waals surface area contributed by atoms with Crippen molar-refractivity contribution in [2.45, 2.75) is 51.5 Å². The lowest BCUT2D eigenvalue weighted by Gasteiger charge is -2.29. The van der Waals surface area contributed by atoms with Gasteiger partial charge >= 0.3 is 0 Å². The van der Waals surface area contributed by atoms with E-state index in [-0.39, 0.29) is 5.54 Å². The Hall–Kier alpha value is -0.590. The summed E-state index contributed by atoms with van der Waals surface area (Å²) in [5.41, 5.74) is -0.273. The SMILES string of the molecule is CCCOCCC1CCCC1(C#N)NCC. The molecule has 0 spiro atoms. The van der Waals surface area contributed by atoms with E-state index in [4.69, 9.17) is 4.74 Å². The molecule has 0 aliphatic heterocycles. The van der Waals surface area contributed by atoms with E-state index in [1.54, 1.807) is 0 Å². The summed E-state index contributed by atoms with van der Waals surface area (Å²) >= 11 is 0. The number of nitriles is 1. The molecule has 0 heterocycles. The Labute approximate surface area is 99.2 Å². The highest BCUT2D eigenvalue weighted by Gasteiger charge is 2.42. The van der Waals surface area contributed by atoms with Gasteiger partial charge < -0.3 is 4.74 Å². The highest BCUT2D eigenvalue weighted by Crippen LogP contribution is 2.37. The Bertz CT molecular complexity index is 237. The van der Waals surface area contributed by atoms with Gasteiger partial charge in [-0.3, -0.25) is 5.32 Å². The molecule has 0 aromatic heterocycles. The lowest BCUT2D eigenvalue weighted by molar-refractivity contribution is 0.112. The van der Waals surface area contributed by atoms with Crippen molar-refractivity contribution in [2.75, 3.05) is 19.8 Å². The van der Waals surface area contributed by atoms with E-state index in [0.717, 1.165) is 45.4 Å². The maximum Gasteiger partial charge on any atom is 0.109 e. The minimum absolute atomic E-state index is 0.273. The number of nitrogens with zero attached hydrogens (tertiary/aromatic N) is 1. The fourth-order valence-corrected chi connectivity index (χ4v) is 2.68. The second kappa shape index (κ2) is 6.88. The van der Waals surface area contributed by atoms with Gasteiger partial charge in [-0.15, -0.1) is 0 Å². The third-order valence-electron chi connectivity index (χ3n) is 3.47. The van der Waals surface area contributed by atoms with Gasteiger partial charge in [-0.25, -0.2) is 0 Å². The fourth-order valence-electron chi connectivity index (χ4n) is 2.68. The molecule has 0 bridgehead atoms. The molecule has 16 heavy (non-hydrogen) atoms. The summed E-state index contributed by atoms with van der Waals surface area (Å²) in [6.45, 7) is 6.70. The van der Waals surface area contributed by atoms with Gasteiger partial charge in [-0.1, -0.05) is 20.3 Å². The molecule has 2 atom stereocenters. The summed E-state index contributed by atoms with van der Waals surface area (Å²) in [7, 11) is 0. The fraction of sp³-hybridized carbons (Fsp3) is 0.923. The molecule has 1 N–H and O–H groups in total. The Kier molecular flexibility index (Phi) is 5.79. The van der Waals surface area contributed by atoms with Crippen molar-refractivity contribution < 1.29 is 4.74 Å². The summed E-state index contributed by atoms with van der Waals surface area (Å²) in [6, 6.07) is 2.50. The van der Waals surface area contributed by atoms with Crippen molar-refractivity contribution in [1.29, 1.82) is 5.26 Å². The lowest BCUT2D eigenvalue weighted by atomic mass is 9.86. The second-order valence-electron chi connectivity index (χ2n) is 4.60. The minimum Gasteiger partial charge on any atom is -0.381 e. The zero-order chi connectivity index (χ0) is 11.9. The van der Waals surface area contributed by atoms with Crippen LogP contribution in [0.3, 0.4) is 0 Å². The van der Waals surface area contributed by atoms with Crippen molar-refractivity contribution in [3.63, 3.8) is 0 Å². The van der Waals surface area contributed by atoms with E-state index >= 15 is 0 Å². The predicted octanol–water partition coefficient (Wildman–Crippen LogP) is 2.48. The van der Waals surface area contributed by atoms with Gasteiger partial charge in [0.05, 0.1) is 6.07 Å². The monoisotopic (exact) mass is 224 g/mol. The van der Waals surface area contributed by atoms with Crippen LogP contribution >= 0.6 is 0 Å². The zero-order valence-electron chi connectivity index (χ0n) is 10.6. The van der Waals surface area contributed by atoms with Crippen LogP contribution in [0.2, 0.25) is 0 Å². The smallest absolute Gasteiger partial charge is 0.109 e. The van der Waals surface area contributed by atoms with Crippen LogP contribution in [-0.2, 0) is 4.74 Å². The molecule has 1 aliphatic rings. The highest BCUT2D eigenvalue weighted by molar-refractivity contribution is 5.13. The van der Waals surface area contributed by atoms with Crippen LogP contribution < -0.4 is 5.32 Å². The normalized spacial score (nSPS) is 29.2. The molecule has 1 aliphatic carbocycles. The van der Waals surface area contributed by atoms with E-state index in [9.17, 15) is 5.26 Å². The number of nitrogens with one attached hydrogen (secondary N) is 1. The predicted molar refractivity (Wildman–Crippen MR) is 65.1 cm³/mol. The number of ether oxygens (including phenoxy) is 1. The maximum absolute atomic E-state index is 9.37. The number of hydrogen-bond donors (Lipinski definition) is 1. The first-order valence-corrected chi connectivity index (χ1v) is 6.53. The van der Waals surface area contributed by atoms with Crippen LogP contribution in [0.5, 0.6) is 0 Å². The first kappa shape index (κ1) is 13.5. The van der Waals surface area contributed by atoms with Gasteiger partial charge in [-0.05, 0) is 38.1 Å². The molecule has 92 valence electrons. The first-order chi connectivity index (χ1) is 7.79. The van der Waals surface area contributed by atoms with Crippen LogP contribution in [0.25, 0.3) is 0 Å². The van der Waals surface area contributed by atoms with Crippen molar-refractivity contribution in [3.8, 4) is 6.07 Å². The second-order valence-corrected chi connectivity index (χ2v) is 4.60. The van der Waals surface area contributed by atoms with Crippen LogP contribution in [0.1, 0.15) is 46.0 Å². The van der Waals surface area contributed by atoms with Crippen molar-refractivity contribution in [1.82, 2.24) is 5.32 Å². The van der Waals surface area contributed by atoms with Gasteiger partial charge in [-0.2, -0.15) is 5.26 Å². The Balaban J connectivity index is 2.41. The van der Waals surface area contributed by atoms with Crippen molar-refractivity contribution >= 4 is 0 Å². The molecule has 0 aromatic carbocycles. The van der Waals surface area contributed by atoms with Gasteiger partial charge in [0, 0.05) is 13.2 Å². The molecule has 1 rings (SSSR count). The molecular weight excluding hydrogens is 200 g/mol. The van der Waals surface area contributed by atoms with Crippen LogP contribution in [-0.4, -0.2) is 25.3 Å². The molecule has 1 saturated carbocycles. The van der Waals surface area contributed by atoms with Crippen molar-refractivity contribution in [3.05, 3.63) is 0 Å². The summed E-state index contributed by atoms with van der Waals surface area (Å²) in [6.07, 6.45) is 5.41. The molecule has 0 saturated heterocycles. The van der Waals surface area contributed by atoms with Gasteiger partial charge in [0.1, 0.15) is 5.54 Å². The molecule has 1 fully saturated rings. The largest absolute Gasteiger partial charge is 0.381 e. The van der Waals surface area contributed by atoms with E-state index < -0.39 is 0 Å². The Morgan fingerprint density at radius 2 is 2.25 bits per heavy atom. The van der Waals surface area contributed by atoms with Crippen LogP contribution in [0, 0.1) is 17.2 Å². The standard InChI is InChI=1S/C13H24N2O/c1-3-9-16-10-7-12-6-5-8-13(12,11-14)15-4-2/h12,15H,3-10H2,1-2H3. The van der Waals surface area contributed by atoms with E-state index in [1.165, 1.54) is 6.42 Å². The average molecular weight is 224 g/mol. The summed E-state index contributed by atoms with van der Waals surface area (Å²) < 4.78 is 5.52. The zero-order valence-corrected chi connectivity index (χ0v) is 10.6. The van der Waals surface area contributed by atoms with Crippen LogP contribution in [0.4, 0.5) is 0 Å². The van der Waals surface area contributed by atoms with Crippen LogP contribution in [0.15, 0.2) is 0 Å². The first-order valence-electron chi connectivity index (χ1n) is 6.53. The minimum atomic E-state index is -0.273. The molecule has 0 amide bonds. The lowest BCUT2D eigenvalue weighted by Crippen LogP contribution is -2.47. The van der Waals surface area contributed by atoms with Crippen molar-refractivity contribution in [2.24, 2.45) is 5.92 Å². The van der Waals surface area contributed by atoms with E-state index in [0.29, 0.717) is 5.92 Å². The average Bonchev–Trinajstić information content (AvgIpc) is 2.69. The molecule has 0 aromatic rings. The Morgan fingerprint density at radius 1 is 1.44 bits per heavy atom. The maximum atomic E-state index is 9.37. The molecular formula is C13H24N2O. The molecule has 3 heteroatoms. The Morgan fingerprint density at radius 3 is 2.88 bits per heavy atom. The number of hydrogen-bond acceptors (Lipinski definition) is 3. The summed E-state index contributed by atoms with van der Waals surface area (Å²) in [5, 5.41) is 12.7. The third-order valence-corrected chi connectivity index (χ3v) is 3.47. The topological polar surface area (TPSA) is 45.0 Å². The molecule has 0 radical (unpaired) electrons. The van der Waals surface area contributed by atoms with E-state index in [1.807, 2.05) is 0 Å². The molecule has 2 unspecified atom stereocenters.